The number of nitrogens with zero attached hydrogens (tertiary/aromatic N) is 3. The van der Waals surface area contributed by atoms with Crippen LogP contribution in [0.25, 0.3) is 5.69 Å². The highest BCUT2D eigenvalue weighted by atomic mass is 32.1. The Morgan fingerprint density at radius 2 is 1.70 bits per heavy atom. The SMILES string of the molecule is COC(=O)c1cccc(-n2cccc2[C@@H]2[C@H](c3ccccn3)NC(=S)N2c2ccc(NC(=O)COc3ccccc3)cc2)c1. The molecule has 3 heterocycles. The number of benzene rings is 3. The van der Waals surface area contributed by atoms with Crippen LogP contribution in [0.15, 0.2) is 122 Å². The molecule has 0 saturated carbocycles. The molecule has 0 bridgehead atoms. The molecule has 0 spiro atoms. The fourth-order valence-corrected chi connectivity index (χ4v) is 5.62. The molecular formula is C34H29N5O4S. The first-order valence-corrected chi connectivity index (χ1v) is 14.4. The van der Waals surface area contributed by atoms with Gasteiger partial charge in [0.25, 0.3) is 5.91 Å². The highest BCUT2D eigenvalue weighted by Gasteiger charge is 2.42. The maximum Gasteiger partial charge on any atom is 0.337 e. The normalized spacial score (nSPS) is 15.8. The lowest BCUT2D eigenvalue weighted by Gasteiger charge is -2.29. The third-order valence-corrected chi connectivity index (χ3v) is 7.58. The number of esters is 1. The minimum atomic E-state index is -0.406. The number of thiocarbonyl (C=S) groups is 1. The minimum Gasteiger partial charge on any atom is -0.484 e. The van der Waals surface area contributed by atoms with Gasteiger partial charge in [0, 0.05) is 35.1 Å². The molecule has 0 aliphatic carbocycles. The van der Waals surface area contributed by atoms with E-state index in [1.807, 2.05) is 95.7 Å². The molecule has 2 N–H and O–H groups in total. The molecule has 0 radical (unpaired) electrons. The standard InChI is InChI=1S/C34H29N5O4S/c1-42-33(41)23-9-7-10-26(21-23)38-20-8-14-29(38)32-31(28-13-5-6-19-35-28)37-34(44)39(32)25-17-15-24(16-18-25)36-30(40)22-43-27-11-3-2-4-12-27/h2-21,31-32H,22H2,1H3,(H,36,40)(H,37,44)/t31-,32+/m0/s1. The van der Waals surface area contributed by atoms with Crippen LogP contribution in [0.5, 0.6) is 5.75 Å². The van der Waals surface area contributed by atoms with Crippen molar-refractivity contribution in [2.45, 2.75) is 12.1 Å². The minimum absolute atomic E-state index is 0.103. The van der Waals surface area contributed by atoms with Crippen molar-refractivity contribution in [3.05, 3.63) is 139 Å². The smallest absolute Gasteiger partial charge is 0.337 e. The van der Waals surface area contributed by atoms with Crippen LogP contribution in [0.4, 0.5) is 11.4 Å². The number of aromatic nitrogens is 2. The van der Waals surface area contributed by atoms with Gasteiger partial charge in [-0.1, -0.05) is 30.3 Å². The Morgan fingerprint density at radius 1 is 0.909 bits per heavy atom. The van der Waals surface area contributed by atoms with Crippen molar-refractivity contribution in [1.29, 1.82) is 0 Å². The summed E-state index contributed by atoms with van der Waals surface area (Å²) in [4.78, 5) is 31.5. The van der Waals surface area contributed by atoms with Crippen LogP contribution >= 0.6 is 12.2 Å². The Balaban J connectivity index is 1.30. The van der Waals surface area contributed by atoms with Crippen molar-refractivity contribution in [2.24, 2.45) is 0 Å². The third-order valence-electron chi connectivity index (χ3n) is 7.27. The van der Waals surface area contributed by atoms with Gasteiger partial charge in [0.2, 0.25) is 0 Å². The van der Waals surface area contributed by atoms with Crippen LogP contribution in [-0.2, 0) is 9.53 Å². The van der Waals surface area contributed by atoms with Crippen LogP contribution in [0.2, 0.25) is 0 Å². The molecule has 2 aromatic heterocycles. The molecule has 2 atom stereocenters. The summed E-state index contributed by atoms with van der Waals surface area (Å²) in [5.41, 5.74) is 4.50. The number of ether oxygens (including phenoxy) is 2. The number of carbonyl (C=O) groups is 2. The summed E-state index contributed by atoms with van der Waals surface area (Å²) in [7, 11) is 1.37. The van der Waals surface area contributed by atoms with Crippen molar-refractivity contribution in [1.82, 2.24) is 14.9 Å². The molecule has 220 valence electrons. The second-order valence-corrected chi connectivity index (χ2v) is 10.4. The number of carbonyl (C=O) groups excluding carboxylic acids is 2. The van der Waals surface area contributed by atoms with Gasteiger partial charge in [-0.05, 0) is 91.1 Å². The number of para-hydroxylation sites is 1. The van der Waals surface area contributed by atoms with Gasteiger partial charge in [0.1, 0.15) is 11.8 Å². The molecule has 1 aliphatic rings. The number of anilines is 2. The van der Waals surface area contributed by atoms with Crippen molar-refractivity contribution >= 4 is 40.6 Å². The zero-order valence-electron chi connectivity index (χ0n) is 23.8. The summed E-state index contributed by atoms with van der Waals surface area (Å²) < 4.78 is 12.5. The van der Waals surface area contributed by atoms with Crippen molar-refractivity contribution < 1.29 is 19.1 Å². The Morgan fingerprint density at radius 3 is 2.45 bits per heavy atom. The van der Waals surface area contributed by atoms with Gasteiger partial charge in [0.05, 0.1) is 24.4 Å². The number of pyridine rings is 1. The van der Waals surface area contributed by atoms with Crippen LogP contribution in [0, 0.1) is 0 Å². The van der Waals surface area contributed by atoms with E-state index in [1.54, 1.807) is 30.5 Å². The van der Waals surface area contributed by atoms with Crippen LogP contribution in [-0.4, -0.2) is 40.3 Å². The van der Waals surface area contributed by atoms with E-state index in [0.717, 1.165) is 22.8 Å². The van der Waals surface area contributed by atoms with E-state index in [2.05, 4.69) is 20.5 Å². The maximum absolute atomic E-state index is 12.5. The van der Waals surface area contributed by atoms with Crippen LogP contribution in [0.3, 0.4) is 0 Å². The highest BCUT2D eigenvalue weighted by Crippen LogP contribution is 2.42. The number of methoxy groups -OCH3 is 1. The van der Waals surface area contributed by atoms with Gasteiger partial charge in [-0.25, -0.2) is 4.79 Å². The Hall–Kier alpha value is -5.48. The predicted molar refractivity (Wildman–Crippen MR) is 172 cm³/mol. The summed E-state index contributed by atoms with van der Waals surface area (Å²) in [5, 5.41) is 6.89. The number of rotatable bonds is 9. The number of hydrogen-bond acceptors (Lipinski definition) is 6. The first-order valence-electron chi connectivity index (χ1n) is 14.0. The fourth-order valence-electron chi connectivity index (χ4n) is 5.27. The van der Waals surface area contributed by atoms with E-state index in [4.69, 9.17) is 21.7 Å². The van der Waals surface area contributed by atoms with Crippen LogP contribution < -0.4 is 20.3 Å². The van der Waals surface area contributed by atoms with Gasteiger partial charge in [-0.3, -0.25) is 9.78 Å². The largest absolute Gasteiger partial charge is 0.484 e. The molecule has 1 aliphatic heterocycles. The topological polar surface area (TPSA) is 97.7 Å². The lowest BCUT2D eigenvalue weighted by molar-refractivity contribution is -0.118. The highest BCUT2D eigenvalue weighted by molar-refractivity contribution is 7.80. The molecule has 1 fully saturated rings. The van der Waals surface area contributed by atoms with E-state index < -0.39 is 5.97 Å². The number of amides is 1. The quantitative estimate of drug-likeness (QED) is 0.160. The predicted octanol–water partition coefficient (Wildman–Crippen LogP) is 5.85. The summed E-state index contributed by atoms with van der Waals surface area (Å²) in [6.07, 6.45) is 3.72. The molecule has 0 unspecified atom stereocenters. The van der Waals surface area contributed by atoms with Crippen LogP contribution in [0.1, 0.15) is 33.8 Å². The molecule has 1 amide bonds. The average molecular weight is 604 g/mol. The Kier molecular flexibility index (Phi) is 8.33. The van der Waals surface area contributed by atoms with Gasteiger partial charge in [-0.15, -0.1) is 0 Å². The fraction of sp³-hybridized carbons (Fsp3) is 0.118. The van der Waals surface area contributed by atoms with Gasteiger partial charge >= 0.3 is 5.97 Å². The first kappa shape index (κ1) is 28.6. The monoisotopic (exact) mass is 603 g/mol. The number of hydrogen-bond donors (Lipinski definition) is 2. The van der Waals surface area contributed by atoms with E-state index in [-0.39, 0.29) is 24.6 Å². The second kappa shape index (κ2) is 12.8. The molecule has 9 nitrogen and oxygen atoms in total. The molecular weight excluding hydrogens is 574 g/mol. The molecule has 44 heavy (non-hydrogen) atoms. The molecule has 3 aromatic carbocycles. The Bertz CT molecular complexity index is 1780. The average Bonchev–Trinajstić information content (AvgIpc) is 3.69. The Labute approximate surface area is 260 Å². The van der Waals surface area contributed by atoms with Crippen molar-refractivity contribution in [3.8, 4) is 11.4 Å². The molecule has 6 rings (SSSR count). The lowest BCUT2D eigenvalue weighted by atomic mass is 10.0. The maximum atomic E-state index is 12.5. The van der Waals surface area contributed by atoms with E-state index in [9.17, 15) is 9.59 Å². The summed E-state index contributed by atoms with van der Waals surface area (Å²) in [6, 6.07) is 33.2. The van der Waals surface area contributed by atoms with E-state index >= 15 is 0 Å². The van der Waals surface area contributed by atoms with Gasteiger partial charge < -0.3 is 29.6 Å². The molecule has 5 aromatic rings. The summed E-state index contributed by atoms with van der Waals surface area (Å²) in [5.74, 6) is -0.0422. The van der Waals surface area contributed by atoms with Gasteiger partial charge in [0.15, 0.2) is 11.7 Å². The first-order chi connectivity index (χ1) is 21.5. The van der Waals surface area contributed by atoms with Gasteiger partial charge in [-0.2, -0.15) is 0 Å². The lowest BCUT2D eigenvalue weighted by Crippen LogP contribution is -2.30. The van der Waals surface area contributed by atoms with Crippen molar-refractivity contribution in [2.75, 3.05) is 23.9 Å². The third kappa shape index (κ3) is 6.02. The number of nitrogens with one attached hydrogen (secondary N) is 2. The molecule has 1 saturated heterocycles. The van der Waals surface area contributed by atoms with E-state index in [1.165, 1.54) is 7.11 Å². The molecule has 10 heteroatoms. The zero-order valence-corrected chi connectivity index (χ0v) is 24.6. The summed E-state index contributed by atoms with van der Waals surface area (Å²) >= 11 is 5.90. The van der Waals surface area contributed by atoms with Crippen molar-refractivity contribution in [3.63, 3.8) is 0 Å². The zero-order chi connectivity index (χ0) is 30.5. The second-order valence-electron chi connectivity index (χ2n) is 10.0. The van der Waals surface area contributed by atoms with E-state index in [0.29, 0.717) is 22.1 Å². The summed E-state index contributed by atoms with van der Waals surface area (Å²) in [6.45, 7) is -0.103.